The Morgan fingerprint density at radius 1 is 0.933 bits per heavy atom. The molecule has 4 rings (SSSR count). The van der Waals surface area contributed by atoms with Crippen LogP contribution in [0.3, 0.4) is 0 Å². The van der Waals surface area contributed by atoms with Crippen LogP contribution in [0, 0.1) is 11.8 Å². The van der Waals surface area contributed by atoms with E-state index >= 15 is 0 Å². The topological polar surface area (TPSA) is 53.1 Å². The molecule has 0 saturated carbocycles. The van der Waals surface area contributed by atoms with Crippen LogP contribution < -0.4 is 0 Å². The monoisotopic (exact) mass is 411 g/mol. The molecule has 2 unspecified atom stereocenters. The SMILES string of the molecule is CC1CC(C)CN(C2=C(c3ccccc3)C(=O)N(CCCN3CCOCC3)C2=O)C1. The van der Waals surface area contributed by atoms with Gasteiger partial charge in [-0.3, -0.25) is 19.4 Å². The minimum Gasteiger partial charge on any atom is -0.379 e. The zero-order chi connectivity index (χ0) is 21.1. The third-order valence-electron chi connectivity index (χ3n) is 6.35. The lowest BCUT2D eigenvalue weighted by Crippen LogP contribution is -2.42. The summed E-state index contributed by atoms with van der Waals surface area (Å²) in [6.07, 6.45) is 1.95. The summed E-state index contributed by atoms with van der Waals surface area (Å²) in [7, 11) is 0. The number of hydrogen-bond acceptors (Lipinski definition) is 5. The van der Waals surface area contributed by atoms with Crippen molar-refractivity contribution in [3.63, 3.8) is 0 Å². The lowest BCUT2D eigenvalue weighted by Gasteiger charge is -2.37. The number of nitrogens with zero attached hydrogens (tertiary/aromatic N) is 3. The van der Waals surface area contributed by atoms with Crippen LogP contribution in [-0.2, 0) is 14.3 Å². The van der Waals surface area contributed by atoms with Crippen molar-refractivity contribution in [2.75, 3.05) is 52.5 Å². The van der Waals surface area contributed by atoms with Gasteiger partial charge in [-0.1, -0.05) is 44.2 Å². The van der Waals surface area contributed by atoms with Crippen LogP contribution in [0.4, 0.5) is 0 Å². The van der Waals surface area contributed by atoms with Gasteiger partial charge >= 0.3 is 0 Å². The number of rotatable bonds is 6. The number of ether oxygens (including phenoxy) is 1. The van der Waals surface area contributed by atoms with Crippen LogP contribution in [-0.4, -0.2) is 79.0 Å². The maximum absolute atomic E-state index is 13.5. The van der Waals surface area contributed by atoms with E-state index in [0.29, 0.717) is 29.7 Å². The molecule has 2 saturated heterocycles. The van der Waals surface area contributed by atoms with Crippen LogP contribution in [0.5, 0.6) is 0 Å². The number of carbonyl (C=O) groups excluding carboxylic acids is 2. The first-order chi connectivity index (χ1) is 14.5. The fraction of sp³-hybridized carbons (Fsp3) is 0.583. The molecule has 2 fully saturated rings. The summed E-state index contributed by atoms with van der Waals surface area (Å²) in [6, 6.07) is 9.68. The highest BCUT2D eigenvalue weighted by Gasteiger charge is 2.42. The van der Waals surface area contributed by atoms with E-state index in [0.717, 1.165) is 64.3 Å². The van der Waals surface area contributed by atoms with Crippen molar-refractivity contribution < 1.29 is 14.3 Å². The summed E-state index contributed by atoms with van der Waals surface area (Å²) < 4.78 is 5.40. The number of amides is 2. The fourth-order valence-corrected chi connectivity index (χ4v) is 5.05. The molecule has 0 aliphatic carbocycles. The van der Waals surface area contributed by atoms with Gasteiger partial charge in [0, 0.05) is 39.3 Å². The van der Waals surface area contributed by atoms with Gasteiger partial charge in [0.2, 0.25) is 0 Å². The lowest BCUT2D eigenvalue weighted by molar-refractivity contribution is -0.137. The second-order valence-electron chi connectivity index (χ2n) is 9.01. The normalized spacial score (nSPS) is 26.1. The Morgan fingerprint density at radius 3 is 2.27 bits per heavy atom. The second-order valence-corrected chi connectivity index (χ2v) is 9.01. The molecule has 162 valence electrons. The number of piperidine rings is 1. The Bertz CT molecular complexity index is 791. The van der Waals surface area contributed by atoms with E-state index in [1.54, 1.807) is 0 Å². The van der Waals surface area contributed by atoms with Gasteiger partial charge in [0.15, 0.2) is 0 Å². The second kappa shape index (κ2) is 9.31. The molecule has 1 aromatic rings. The van der Waals surface area contributed by atoms with Crippen molar-refractivity contribution in [1.82, 2.24) is 14.7 Å². The predicted molar refractivity (Wildman–Crippen MR) is 116 cm³/mol. The van der Waals surface area contributed by atoms with Crippen LogP contribution in [0.2, 0.25) is 0 Å². The Morgan fingerprint density at radius 2 is 1.60 bits per heavy atom. The first-order valence-corrected chi connectivity index (χ1v) is 11.3. The van der Waals surface area contributed by atoms with Gasteiger partial charge in [-0.25, -0.2) is 0 Å². The number of carbonyl (C=O) groups is 2. The average Bonchev–Trinajstić information content (AvgIpc) is 2.99. The molecule has 3 aliphatic heterocycles. The number of morpholine rings is 1. The Hall–Kier alpha value is -2.18. The van der Waals surface area contributed by atoms with Crippen molar-refractivity contribution in [3.05, 3.63) is 41.6 Å². The van der Waals surface area contributed by atoms with Crippen LogP contribution in [0.1, 0.15) is 32.3 Å². The molecule has 0 spiro atoms. The highest BCUT2D eigenvalue weighted by Crippen LogP contribution is 2.35. The van der Waals surface area contributed by atoms with Crippen molar-refractivity contribution in [2.24, 2.45) is 11.8 Å². The number of benzene rings is 1. The zero-order valence-electron chi connectivity index (χ0n) is 18.2. The predicted octanol–water partition coefficient (Wildman–Crippen LogP) is 2.47. The molecule has 0 N–H and O–H groups in total. The quantitative estimate of drug-likeness (QED) is 0.673. The summed E-state index contributed by atoms with van der Waals surface area (Å²) >= 11 is 0. The van der Waals surface area contributed by atoms with E-state index in [2.05, 4.69) is 23.6 Å². The van der Waals surface area contributed by atoms with E-state index in [1.165, 1.54) is 4.90 Å². The molecule has 30 heavy (non-hydrogen) atoms. The number of hydrogen-bond donors (Lipinski definition) is 0. The third-order valence-corrected chi connectivity index (χ3v) is 6.35. The summed E-state index contributed by atoms with van der Waals surface area (Å²) in [5, 5.41) is 0. The maximum atomic E-state index is 13.5. The molecule has 2 atom stereocenters. The number of likely N-dealkylation sites (tertiary alicyclic amines) is 1. The first kappa shape index (κ1) is 21.1. The summed E-state index contributed by atoms with van der Waals surface area (Å²) in [4.78, 5) is 32.9. The van der Waals surface area contributed by atoms with E-state index in [4.69, 9.17) is 4.74 Å². The van der Waals surface area contributed by atoms with Crippen LogP contribution >= 0.6 is 0 Å². The fourth-order valence-electron chi connectivity index (χ4n) is 5.05. The lowest BCUT2D eigenvalue weighted by atomic mass is 9.91. The van der Waals surface area contributed by atoms with Crippen molar-refractivity contribution in [3.8, 4) is 0 Å². The van der Waals surface area contributed by atoms with Gasteiger partial charge in [0.25, 0.3) is 11.8 Å². The molecular formula is C24H33N3O3. The van der Waals surface area contributed by atoms with E-state index in [-0.39, 0.29) is 11.8 Å². The molecule has 0 aromatic heterocycles. The highest BCUT2D eigenvalue weighted by molar-refractivity contribution is 6.35. The Kier molecular flexibility index (Phi) is 6.54. The molecule has 2 amide bonds. The molecule has 3 heterocycles. The average molecular weight is 412 g/mol. The third kappa shape index (κ3) is 4.44. The molecular weight excluding hydrogens is 378 g/mol. The molecule has 0 radical (unpaired) electrons. The van der Waals surface area contributed by atoms with Crippen LogP contribution in [0.25, 0.3) is 5.57 Å². The van der Waals surface area contributed by atoms with Crippen LogP contribution in [0.15, 0.2) is 36.0 Å². The first-order valence-electron chi connectivity index (χ1n) is 11.3. The van der Waals surface area contributed by atoms with E-state index < -0.39 is 0 Å². The summed E-state index contributed by atoms with van der Waals surface area (Å²) in [5.41, 5.74) is 2.02. The smallest absolute Gasteiger partial charge is 0.277 e. The van der Waals surface area contributed by atoms with Gasteiger partial charge in [-0.2, -0.15) is 0 Å². The van der Waals surface area contributed by atoms with Crippen molar-refractivity contribution in [2.45, 2.75) is 26.7 Å². The Balaban J connectivity index is 1.55. The van der Waals surface area contributed by atoms with Gasteiger partial charge in [-0.05, 0) is 30.2 Å². The standard InChI is InChI=1S/C24H33N3O3/c1-18-15-19(2)17-26(16-18)22-21(20-7-4-3-5-8-20)23(28)27(24(22)29)10-6-9-25-11-13-30-14-12-25/h3-5,7-8,18-19H,6,9-17H2,1-2H3. The molecule has 3 aliphatic rings. The zero-order valence-corrected chi connectivity index (χ0v) is 18.2. The highest BCUT2D eigenvalue weighted by atomic mass is 16.5. The number of imide groups is 1. The molecule has 1 aromatic carbocycles. The summed E-state index contributed by atoms with van der Waals surface area (Å²) in [5.74, 6) is 0.754. The van der Waals surface area contributed by atoms with Crippen molar-refractivity contribution >= 4 is 17.4 Å². The maximum Gasteiger partial charge on any atom is 0.277 e. The van der Waals surface area contributed by atoms with E-state index in [9.17, 15) is 9.59 Å². The molecule has 6 nitrogen and oxygen atoms in total. The van der Waals surface area contributed by atoms with Gasteiger partial charge < -0.3 is 9.64 Å². The van der Waals surface area contributed by atoms with Crippen molar-refractivity contribution in [1.29, 1.82) is 0 Å². The van der Waals surface area contributed by atoms with Gasteiger partial charge in [0.05, 0.1) is 18.8 Å². The largest absolute Gasteiger partial charge is 0.379 e. The molecule has 0 bridgehead atoms. The van der Waals surface area contributed by atoms with E-state index in [1.807, 2.05) is 30.3 Å². The Labute approximate surface area is 179 Å². The van der Waals surface area contributed by atoms with Gasteiger partial charge in [0.1, 0.15) is 5.70 Å². The summed E-state index contributed by atoms with van der Waals surface area (Å²) in [6.45, 7) is 10.8. The minimum absolute atomic E-state index is 0.123. The minimum atomic E-state index is -0.144. The van der Waals surface area contributed by atoms with Gasteiger partial charge in [-0.15, -0.1) is 0 Å². The molecule has 6 heteroatoms.